The predicted octanol–water partition coefficient (Wildman–Crippen LogP) is 4.30. The molecule has 1 aliphatic rings. The summed E-state index contributed by atoms with van der Waals surface area (Å²) < 4.78 is 10.1. The van der Waals surface area contributed by atoms with Gasteiger partial charge in [-0.1, -0.05) is 20.3 Å². The van der Waals surface area contributed by atoms with Crippen molar-refractivity contribution in [2.45, 2.75) is 52.4 Å². The van der Waals surface area contributed by atoms with Gasteiger partial charge >= 0.3 is 5.97 Å². The molecule has 5 heteroatoms. The van der Waals surface area contributed by atoms with Gasteiger partial charge in [-0.2, -0.15) is 0 Å². The molecule has 0 amide bonds. The molecule has 1 fully saturated rings. The number of aliphatic imine (C=N–C) groups is 1. The number of nitrogens with two attached hydrogens (primary N) is 1. The van der Waals surface area contributed by atoms with Gasteiger partial charge in [0.15, 0.2) is 0 Å². The first-order valence-electron chi connectivity index (χ1n) is 8.92. The fourth-order valence-corrected chi connectivity index (χ4v) is 3.54. The van der Waals surface area contributed by atoms with Crippen LogP contribution < -0.4 is 10.5 Å². The molecule has 5 nitrogen and oxygen atoms in total. The van der Waals surface area contributed by atoms with Gasteiger partial charge in [-0.15, -0.1) is 0 Å². The van der Waals surface area contributed by atoms with Gasteiger partial charge in [-0.25, -0.2) is 0 Å². The van der Waals surface area contributed by atoms with Crippen LogP contribution in [0.15, 0.2) is 17.1 Å². The van der Waals surface area contributed by atoms with Gasteiger partial charge in [0, 0.05) is 18.7 Å². The van der Waals surface area contributed by atoms with E-state index >= 15 is 0 Å². The molecule has 138 valence electrons. The standard InChI is InChI=1S/C20H30N2O3/c1-20(2)9-5-6-14(12-20)13-22-17-11-18(24-3)15(10-16(17)21)7-8-19(23)25-4/h10-11,13-14H,5-9,12,21H2,1-4H3. The van der Waals surface area contributed by atoms with Crippen LogP contribution in [0.3, 0.4) is 0 Å². The van der Waals surface area contributed by atoms with E-state index in [0.29, 0.717) is 35.6 Å². The Balaban J connectivity index is 2.13. The zero-order valence-corrected chi connectivity index (χ0v) is 15.8. The summed E-state index contributed by atoms with van der Waals surface area (Å²) in [6.45, 7) is 4.64. The molecular formula is C20H30N2O3. The minimum Gasteiger partial charge on any atom is -0.496 e. The van der Waals surface area contributed by atoms with Crippen molar-refractivity contribution in [3.05, 3.63) is 17.7 Å². The molecule has 1 aliphatic carbocycles. The first-order valence-corrected chi connectivity index (χ1v) is 8.92. The van der Waals surface area contributed by atoms with Crippen molar-refractivity contribution in [2.24, 2.45) is 16.3 Å². The van der Waals surface area contributed by atoms with Crippen molar-refractivity contribution < 1.29 is 14.3 Å². The number of aryl methyl sites for hydroxylation is 1. The van der Waals surface area contributed by atoms with Crippen LogP contribution in [0.5, 0.6) is 5.75 Å². The smallest absolute Gasteiger partial charge is 0.305 e. The first-order chi connectivity index (χ1) is 11.8. The number of esters is 1. The van der Waals surface area contributed by atoms with E-state index in [2.05, 4.69) is 23.6 Å². The summed E-state index contributed by atoms with van der Waals surface area (Å²) >= 11 is 0. The van der Waals surface area contributed by atoms with E-state index < -0.39 is 0 Å². The molecular weight excluding hydrogens is 316 g/mol. The number of anilines is 1. The monoisotopic (exact) mass is 346 g/mol. The van der Waals surface area contributed by atoms with Gasteiger partial charge in [0.05, 0.1) is 25.6 Å². The topological polar surface area (TPSA) is 73.9 Å². The number of nitrogen functional groups attached to an aromatic ring is 1. The fraction of sp³-hybridized carbons (Fsp3) is 0.600. The number of hydrogen-bond donors (Lipinski definition) is 1. The number of carbonyl (C=O) groups is 1. The highest BCUT2D eigenvalue weighted by atomic mass is 16.5. The second-order valence-corrected chi connectivity index (χ2v) is 7.60. The van der Waals surface area contributed by atoms with Gasteiger partial charge in [0.25, 0.3) is 0 Å². The van der Waals surface area contributed by atoms with Gasteiger partial charge in [-0.05, 0) is 48.6 Å². The minimum absolute atomic E-state index is 0.248. The summed E-state index contributed by atoms with van der Waals surface area (Å²) in [5.41, 5.74) is 8.77. The molecule has 0 radical (unpaired) electrons. The Labute approximate surface area is 150 Å². The molecule has 0 aromatic heterocycles. The fourth-order valence-electron chi connectivity index (χ4n) is 3.54. The van der Waals surface area contributed by atoms with E-state index in [1.54, 1.807) is 7.11 Å². The predicted molar refractivity (Wildman–Crippen MR) is 102 cm³/mol. The van der Waals surface area contributed by atoms with Crippen molar-refractivity contribution in [3.63, 3.8) is 0 Å². The third-order valence-corrected chi connectivity index (χ3v) is 4.92. The lowest BCUT2D eigenvalue weighted by Gasteiger charge is -2.33. The Bertz CT molecular complexity index is 638. The molecule has 0 bridgehead atoms. The van der Waals surface area contributed by atoms with Gasteiger partial charge < -0.3 is 15.2 Å². The summed E-state index contributed by atoms with van der Waals surface area (Å²) in [5.74, 6) is 0.949. The average Bonchev–Trinajstić information content (AvgIpc) is 2.57. The summed E-state index contributed by atoms with van der Waals surface area (Å²) in [7, 11) is 3.00. The number of ether oxygens (including phenoxy) is 2. The third kappa shape index (κ3) is 5.48. The number of hydrogen-bond acceptors (Lipinski definition) is 5. The zero-order valence-electron chi connectivity index (χ0n) is 15.8. The number of carbonyl (C=O) groups excluding carboxylic acids is 1. The van der Waals surface area contributed by atoms with Gasteiger partial charge in [0.2, 0.25) is 0 Å². The van der Waals surface area contributed by atoms with Crippen LogP contribution >= 0.6 is 0 Å². The first kappa shape index (κ1) is 19.3. The van der Waals surface area contributed by atoms with Crippen LogP contribution in [0, 0.1) is 11.3 Å². The normalized spacial score (nSPS) is 19.8. The third-order valence-electron chi connectivity index (χ3n) is 4.92. The van der Waals surface area contributed by atoms with Crippen molar-refractivity contribution in [2.75, 3.05) is 20.0 Å². The SMILES string of the molecule is COC(=O)CCc1cc(N)c(N=CC2CCCC(C)(C)C2)cc1OC. The Morgan fingerprint density at radius 3 is 2.80 bits per heavy atom. The van der Waals surface area contributed by atoms with Gasteiger partial charge in [-0.3, -0.25) is 9.79 Å². The number of benzene rings is 1. The largest absolute Gasteiger partial charge is 0.496 e. The molecule has 1 aromatic carbocycles. The molecule has 0 aliphatic heterocycles. The molecule has 2 N–H and O–H groups in total. The molecule has 1 unspecified atom stereocenters. The van der Waals surface area contributed by atoms with E-state index in [1.807, 2.05) is 18.3 Å². The van der Waals surface area contributed by atoms with Crippen LogP contribution in [0.4, 0.5) is 11.4 Å². The lowest BCUT2D eigenvalue weighted by Crippen LogP contribution is -2.23. The van der Waals surface area contributed by atoms with Crippen molar-refractivity contribution in [1.29, 1.82) is 0 Å². The van der Waals surface area contributed by atoms with Crippen molar-refractivity contribution in [3.8, 4) is 5.75 Å². The summed E-state index contributed by atoms with van der Waals surface area (Å²) in [4.78, 5) is 16.0. The molecule has 0 spiro atoms. The molecule has 0 heterocycles. The number of rotatable bonds is 6. The second-order valence-electron chi connectivity index (χ2n) is 7.60. The van der Waals surface area contributed by atoms with Gasteiger partial charge in [0.1, 0.15) is 5.75 Å². The van der Waals surface area contributed by atoms with Crippen LogP contribution in [-0.2, 0) is 16.0 Å². The summed E-state index contributed by atoms with van der Waals surface area (Å²) in [6, 6.07) is 3.70. The molecule has 0 saturated heterocycles. The van der Waals surface area contributed by atoms with Crippen LogP contribution in [0.2, 0.25) is 0 Å². The Morgan fingerprint density at radius 2 is 2.16 bits per heavy atom. The lowest BCUT2D eigenvalue weighted by atomic mass is 9.73. The molecule has 1 atom stereocenters. The summed E-state index contributed by atoms with van der Waals surface area (Å²) in [6.07, 6.45) is 7.73. The van der Waals surface area contributed by atoms with E-state index in [-0.39, 0.29) is 5.97 Å². The molecule has 1 saturated carbocycles. The maximum atomic E-state index is 11.3. The summed E-state index contributed by atoms with van der Waals surface area (Å²) in [5, 5.41) is 0. The van der Waals surface area contributed by atoms with E-state index in [0.717, 1.165) is 17.7 Å². The second kappa shape index (κ2) is 8.37. The van der Waals surface area contributed by atoms with Crippen molar-refractivity contribution in [1.82, 2.24) is 0 Å². The Morgan fingerprint density at radius 1 is 1.40 bits per heavy atom. The van der Waals surface area contributed by atoms with Crippen molar-refractivity contribution >= 4 is 23.6 Å². The average molecular weight is 346 g/mol. The number of nitrogens with zero attached hydrogens (tertiary/aromatic N) is 1. The Hall–Kier alpha value is -2.04. The highest BCUT2D eigenvalue weighted by molar-refractivity contribution is 5.75. The maximum Gasteiger partial charge on any atom is 0.305 e. The quantitative estimate of drug-likeness (QED) is 0.473. The van der Waals surface area contributed by atoms with Crippen LogP contribution in [0.25, 0.3) is 0 Å². The van der Waals surface area contributed by atoms with Crippen LogP contribution in [0.1, 0.15) is 51.5 Å². The van der Waals surface area contributed by atoms with E-state index in [4.69, 9.17) is 10.5 Å². The van der Waals surface area contributed by atoms with E-state index in [1.165, 1.54) is 26.4 Å². The van der Waals surface area contributed by atoms with Crippen LogP contribution in [-0.4, -0.2) is 26.4 Å². The minimum atomic E-state index is -0.248. The zero-order chi connectivity index (χ0) is 18.4. The number of methoxy groups -OCH3 is 2. The lowest BCUT2D eigenvalue weighted by molar-refractivity contribution is -0.140. The molecule has 1 aromatic rings. The Kier molecular flexibility index (Phi) is 6.45. The maximum absolute atomic E-state index is 11.3. The molecule has 2 rings (SSSR count). The van der Waals surface area contributed by atoms with E-state index in [9.17, 15) is 4.79 Å². The molecule has 25 heavy (non-hydrogen) atoms. The highest BCUT2D eigenvalue weighted by Gasteiger charge is 2.26. The highest BCUT2D eigenvalue weighted by Crippen LogP contribution is 2.38.